The van der Waals surface area contributed by atoms with Gasteiger partial charge in [-0.3, -0.25) is 33.8 Å². The minimum absolute atomic E-state index is 0.00640. The van der Waals surface area contributed by atoms with Gasteiger partial charge in [-0.15, -0.1) is 11.8 Å². The molecule has 19 heteroatoms. The van der Waals surface area contributed by atoms with Crippen LogP contribution in [0.15, 0.2) is 83.5 Å². The van der Waals surface area contributed by atoms with Crippen LogP contribution in [0.1, 0.15) is 107 Å². The van der Waals surface area contributed by atoms with E-state index in [1.807, 2.05) is 56.1 Å². The third-order valence-corrected chi connectivity index (χ3v) is 21.3. The number of hydrogen-bond acceptors (Lipinski definition) is 16. The Kier molecular flexibility index (Phi) is 14.6. The van der Waals surface area contributed by atoms with Crippen LogP contribution in [0.2, 0.25) is 0 Å². The summed E-state index contributed by atoms with van der Waals surface area (Å²) in [7, 11) is 4.87. The minimum atomic E-state index is -2.50. The van der Waals surface area contributed by atoms with Crippen molar-refractivity contribution in [2.45, 2.75) is 131 Å². The largest absolute Gasteiger partial charge is 0.496 e. The lowest BCUT2D eigenvalue weighted by atomic mass is 9.47. The van der Waals surface area contributed by atoms with Gasteiger partial charge in [0, 0.05) is 86.0 Å². The molecule has 0 aromatic heterocycles. The van der Waals surface area contributed by atoms with Crippen molar-refractivity contribution < 1.29 is 58.7 Å². The lowest BCUT2D eigenvalue weighted by molar-refractivity contribution is -0.203. The van der Waals surface area contributed by atoms with Gasteiger partial charge in [0.15, 0.2) is 5.60 Å². The normalized spacial score (nSPS) is 33.4. The summed E-state index contributed by atoms with van der Waals surface area (Å²) >= 11 is 1.05. The van der Waals surface area contributed by atoms with Crippen molar-refractivity contribution in [1.82, 2.24) is 15.2 Å². The second-order valence-electron chi connectivity index (χ2n) is 24.1. The first kappa shape index (κ1) is 56.6. The summed E-state index contributed by atoms with van der Waals surface area (Å²) < 4.78 is 12.5. The number of piperidine rings is 1. The molecule has 4 fully saturated rings. The Labute approximate surface area is 476 Å². The number of amides is 3. The number of fused-ring (bicyclic) bond motifs is 5. The SMILES string of the molecule is CC[C@]1(O)CC2CN(CCC3=C(Cc4ccccc43)[C@@](C(=O)OC)(c3cc4c(cc3OC)N(C)[C@H]3[C@@](O)(C(=O)N/N=C(\C)c5ccc(N6C(=O)CC(SC[C@H](CC(C)=O)C(=O)O)C6=O)cc5)[C@H](O)[C@]5(CC)C=CCN6CC[C@]43[C@@H]65)C2)C1. The van der Waals surface area contributed by atoms with E-state index in [1.54, 1.807) is 38.3 Å². The van der Waals surface area contributed by atoms with Gasteiger partial charge in [-0.1, -0.05) is 62.4 Å². The fourth-order valence-electron chi connectivity index (χ4n) is 16.3. The molecule has 3 aromatic rings. The summed E-state index contributed by atoms with van der Waals surface area (Å²) in [5.41, 5.74) is 3.22. The van der Waals surface area contributed by atoms with E-state index < -0.39 is 86.5 Å². The number of carbonyl (C=O) groups excluding carboxylic acids is 5. The molecule has 1 spiro atoms. The minimum Gasteiger partial charge on any atom is -0.496 e. The number of methoxy groups -OCH3 is 2. The van der Waals surface area contributed by atoms with Gasteiger partial charge >= 0.3 is 11.9 Å². The lowest BCUT2D eigenvalue weighted by Gasteiger charge is -2.63. The van der Waals surface area contributed by atoms with E-state index in [4.69, 9.17) is 9.47 Å². The molecule has 3 saturated heterocycles. The van der Waals surface area contributed by atoms with Crippen molar-refractivity contribution in [3.8, 4) is 5.75 Å². The molecule has 6 aliphatic heterocycles. The van der Waals surface area contributed by atoms with Gasteiger partial charge in [-0.05, 0) is 123 Å². The van der Waals surface area contributed by atoms with E-state index in [0.29, 0.717) is 112 Å². The maximum atomic E-state index is 15.6. The molecule has 430 valence electrons. The molecule has 3 amide bonds. The Morgan fingerprint density at radius 2 is 1.70 bits per heavy atom. The molecule has 1 saturated carbocycles. The number of ketones is 1. The predicted octanol–water partition coefficient (Wildman–Crippen LogP) is 5.16. The van der Waals surface area contributed by atoms with Crippen molar-refractivity contribution in [3.05, 3.63) is 106 Å². The van der Waals surface area contributed by atoms with E-state index in [1.165, 1.54) is 14.0 Å². The van der Waals surface area contributed by atoms with Crippen LogP contribution in [-0.4, -0.2) is 166 Å². The number of imide groups is 1. The first-order valence-corrected chi connectivity index (χ1v) is 29.5. The number of hydrogen-bond donors (Lipinski definition) is 5. The number of thioether (sulfide) groups is 1. The van der Waals surface area contributed by atoms with Crippen molar-refractivity contribution >= 4 is 69.9 Å². The Balaban J connectivity index is 0.972. The number of ether oxygens (including phenoxy) is 2. The van der Waals surface area contributed by atoms with Crippen molar-refractivity contribution in [3.63, 3.8) is 0 Å². The second-order valence-corrected chi connectivity index (χ2v) is 25.3. The van der Waals surface area contributed by atoms with Crippen LogP contribution in [-0.2, 0) is 50.8 Å². The van der Waals surface area contributed by atoms with Crippen LogP contribution < -0.4 is 20.0 Å². The van der Waals surface area contributed by atoms with Crippen LogP contribution in [0, 0.1) is 17.3 Å². The molecule has 12 atom stereocenters. The Hall–Kier alpha value is -6.22. The monoisotopic (exact) mass is 1130 g/mol. The summed E-state index contributed by atoms with van der Waals surface area (Å²) in [6.07, 6.45) is 5.50. The van der Waals surface area contributed by atoms with Crippen molar-refractivity contribution in [1.29, 1.82) is 0 Å². The standard InChI is InChI=1S/C62H74N6O12S/c1-8-58(77)30-37-31-61(57(76)80-7,44-26-39-13-10-11-14-42(39)43(44)19-23-66(32-37)34-58)46-27-45-47(28-48(46)79-6)65(5)54-60(45)21-24-67-22-12-20-59(9-2,53(60)67)55(74)62(54,78)56(75)64-63-36(4)38-15-17-41(18-16-38)68-50(70)29-49(51(68)71)81-33-40(52(72)73)25-35(3)69/h10-18,20,27-28,37,40,49,53-55,74,77-78H,8-9,19,21-26,29-34H2,1-7H3,(H,64,75)(H,72,73)/b63-36+/t37?,40-,49?,53-,54+,55+,58-,59+,60+,61+,62-/m0/s1. The van der Waals surface area contributed by atoms with Gasteiger partial charge < -0.3 is 39.6 Å². The van der Waals surface area contributed by atoms with Crippen LogP contribution in [0.5, 0.6) is 5.75 Å². The van der Waals surface area contributed by atoms with E-state index in [9.17, 15) is 39.6 Å². The van der Waals surface area contributed by atoms with E-state index >= 15 is 9.59 Å². The molecule has 3 aromatic carbocycles. The Morgan fingerprint density at radius 3 is 2.40 bits per heavy atom. The molecule has 0 radical (unpaired) electrons. The molecule has 11 rings (SSSR count). The van der Waals surface area contributed by atoms with Gasteiger partial charge in [0.25, 0.3) is 5.91 Å². The van der Waals surface area contributed by atoms with Crippen LogP contribution in [0.4, 0.5) is 11.4 Å². The second kappa shape index (κ2) is 20.9. The number of esters is 1. The van der Waals surface area contributed by atoms with Gasteiger partial charge in [0.1, 0.15) is 23.1 Å². The number of aliphatic hydroxyl groups is 3. The smallest absolute Gasteiger partial charge is 0.320 e. The summed E-state index contributed by atoms with van der Waals surface area (Å²) in [6.45, 7) is 10.1. The number of carboxylic acid groups (broad SMARTS) is 1. The van der Waals surface area contributed by atoms with E-state index in [-0.39, 0.29) is 30.3 Å². The average molecular weight is 1130 g/mol. The lowest BCUT2D eigenvalue weighted by Crippen LogP contribution is -2.81. The molecule has 8 aliphatic rings. The molecule has 5 N–H and O–H groups in total. The summed E-state index contributed by atoms with van der Waals surface area (Å²) in [5, 5.41) is 52.3. The zero-order valence-corrected chi connectivity index (χ0v) is 48.0. The van der Waals surface area contributed by atoms with Crippen LogP contribution in [0.25, 0.3) is 5.57 Å². The fraction of sp³-hybridized carbons (Fsp3) is 0.532. The number of benzene rings is 3. The molecule has 3 unspecified atom stereocenters. The molecule has 81 heavy (non-hydrogen) atoms. The number of likely N-dealkylation sites (N-methyl/N-ethyl adjacent to an activating group) is 1. The maximum absolute atomic E-state index is 15.6. The number of aliphatic hydroxyl groups excluding tert-OH is 1. The Morgan fingerprint density at radius 1 is 0.951 bits per heavy atom. The molecule has 2 aliphatic carbocycles. The molecule has 2 bridgehead atoms. The highest BCUT2D eigenvalue weighted by Crippen LogP contribution is 2.68. The zero-order chi connectivity index (χ0) is 57.7. The quantitative estimate of drug-likeness (QED) is 0.0434. The van der Waals surface area contributed by atoms with Crippen molar-refractivity contribution in [2.75, 3.05) is 69.5 Å². The van der Waals surface area contributed by atoms with Crippen LogP contribution >= 0.6 is 11.8 Å². The molecule has 18 nitrogen and oxygen atoms in total. The first-order chi connectivity index (χ1) is 38.7. The number of nitrogens with zero attached hydrogens (tertiary/aromatic N) is 5. The highest BCUT2D eigenvalue weighted by Gasteiger charge is 2.79. The average Bonchev–Trinajstić information content (AvgIpc) is 2.30. The van der Waals surface area contributed by atoms with Gasteiger partial charge in [0.05, 0.1) is 48.4 Å². The number of aliphatic carboxylic acids is 1. The van der Waals surface area contributed by atoms with Gasteiger partial charge in [-0.25, -0.2) is 10.3 Å². The van der Waals surface area contributed by atoms with Crippen molar-refractivity contribution in [2.24, 2.45) is 22.4 Å². The molecular weight excluding hydrogens is 1050 g/mol. The highest BCUT2D eigenvalue weighted by molar-refractivity contribution is 8.00. The third kappa shape index (κ3) is 8.64. The molecule has 6 heterocycles. The predicted molar refractivity (Wildman–Crippen MR) is 306 cm³/mol. The molecular formula is C62H74N6O12S. The number of nitrogens with one attached hydrogen (secondary N) is 1. The number of carboxylic acids is 1. The zero-order valence-electron chi connectivity index (χ0n) is 47.2. The number of hydrazone groups is 1. The van der Waals surface area contributed by atoms with Gasteiger partial charge in [-0.2, -0.15) is 5.10 Å². The highest BCUT2D eigenvalue weighted by atomic mass is 32.2. The van der Waals surface area contributed by atoms with E-state index in [2.05, 4.69) is 38.5 Å². The number of rotatable bonds is 15. The summed E-state index contributed by atoms with van der Waals surface area (Å²) in [5.74, 6) is -4.38. The first-order valence-electron chi connectivity index (χ1n) is 28.4. The topological polar surface area (TPSA) is 239 Å². The maximum Gasteiger partial charge on any atom is 0.320 e. The fourth-order valence-corrected chi connectivity index (χ4v) is 17.6. The van der Waals surface area contributed by atoms with E-state index in [0.717, 1.165) is 44.5 Å². The van der Waals surface area contributed by atoms with Crippen LogP contribution in [0.3, 0.4) is 0 Å². The van der Waals surface area contributed by atoms with Gasteiger partial charge in [0.2, 0.25) is 11.8 Å². The number of Topliss-reactive ketones (excluding diaryl/α,β-unsaturated/α-hetero) is 1. The Bertz CT molecular complexity index is 3220. The third-order valence-electron chi connectivity index (χ3n) is 19.9. The summed E-state index contributed by atoms with van der Waals surface area (Å²) in [6, 6.07) is 17.4. The number of carbonyl (C=O) groups is 6. The number of anilines is 2. The summed E-state index contributed by atoms with van der Waals surface area (Å²) in [4.78, 5) is 88.9.